The Bertz CT molecular complexity index is 525. The van der Waals surface area contributed by atoms with Gasteiger partial charge in [0, 0.05) is 4.88 Å². The van der Waals surface area contributed by atoms with Crippen LogP contribution in [0.15, 0.2) is 0 Å². The molecule has 0 aliphatic heterocycles. The molecule has 0 aromatic carbocycles. The summed E-state index contributed by atoms with van der Waals surface area (Å²) in [5, 5.41) is 3.40. The van der Waals surface area contributed by atoms with E-state index in [9.17, 15) is 9.59 Å². The van der Waals surface area contributed by atoms with Crippen LogP contribution >= 0.6 is 27.3 Å². The van der Waals surface area contributed by atoms with Crippen molar-refractivity contribution in [2.24, 2.45) is 11.7 Å². The van der Waals surface area contributed by atoms with Crippen LogP contribution in [0.4, 0.5) is 5.00 Å². The Morgan fingerprint density at radius 2 is 2.21 bits per heavy atom. The summed E-state index contributed by atoms with van der Waals surface area (Å²) < 4.78 is 0. The SMILES string of the molecule is CC1CCc2c(sc(NC(=O)C(C)Br)c2C(N)=O)C1. The third-order valence-electron chi connectivity index (χ3n) is 3.36. The Morgan fingerprint density at radius 1 is 1.53 bits per heavy atom. The molecule has 2 atom stereocenters. The zero-order valence-electron chi connectivity index (χ0n) is 11.0. The van der Waals surface area contributed by atoms with Crippen molar-refractivity contribution in [2.75, 3.05) is 5.32 Å². The summed E-state index contributed by atoms with van der Waals surface area (Å²) in [6.45, 7) is 3.94. The molecule has 104 valence electrons. The molecule has 2 amide bonds. The molecule has 2 unspecified atom stereocenters. The first-order valence-electron chi connectivity index (χ1n) is 6.29. The Kier molecular flexibility index (Phi) is 4.30. The zero-order valence-corrected chi connectivity index (χ0v) is 13.4. The molecule has 1 aromatic heterocycles. The van der Waals surface area contributed by atoms with E-state index in [1.165, 1.54) is 16.2 Å². The number of hydrogen-bond donors (Lipinski definition) is 2. The number of halogens is 1. The molecule has 0 radical (unpaired) electrons. The van der Waals surface area contributed by atoms with Gasteiger partial charge in [-0.2, -0.15) is 0 Å². The minimum atomic E-state index is -0.454. The van der Waals surface area contributed by atoms with Gasteiger partial charge in [0.1, 0.15) is 5.00 Å². The van der Waals surface area contributed by atoms with E-state index < -0.39 is 5.91 Å². The molecule has 1 heterocycles. The number of anilines is 1. The Hall–Kier alpha value is -0.880. The molecule has 0 saturated carbocycles. The highest BCUT2D eigenvalue weighted by molar-refractivity contribution is 9.10. The lowest BCUT2D eigenvalue weighted by atomic mass is 9.88. The van der Waals surface area contributed by atoms with Gasteiger partial charge in [0.05, 0.1) is 10.4 Å². The van der Waals surface area contributed by atoms with Crippen LogP contribution < -0.4 is 11.1 Å². The maximum absolute atomic E-state index is 11.8. The van der Waals surface area contributed by atoms with Crippen LogP contribution in [0.5, 0.6) is 0 Å². The topological polar surface area (TPSA) is 72.2 Å². The zero-order chi connectivity index (χ0) is 14.2. The van der Waals surface area contributed by atoms with Gasteiger partial charge >= 0.3 is 0 Å². The van der Waals surface area contributed by atoms with Gasteiger partial charge in [-0.25, -0.2) is 0 Å². The Balaban J connectivity index is 2.38. The van der Waals surface area contributed by atoms with E-state index in [0.717, 1.165) is 24.8 Å². The predicted molar refractivity (Wildman–Crippen MR) is 81.0 cm³/mol. The number of primary amides is 1. The summed E-state index contributed by atoms with van der Waals surface area (Å²) in [4.78, 5) is 24.3. The van der Waals surface area contributed by atoms with E-state index in [4.69, 9.17) is 5.73 Å². The number of nitrogens with two attached hydrogens (primary N) is 1. The normalized spacial score (nSPS) is 19.6. The molecule has 2 rings (SSSR count). The van der Waals surface area contributed by atoms with Gasteiger partial charge in [0.25, 0.3) is 5.91 Å². The fourth-order valence-corrected chi connectivity index (χ4v) is 3.84. The van der Waals surface area contributed by atoms with Crippen LogP contribution in [0.2, 0.25) is 0 Å². The van der Waals surface area contributed by atoms with Crippen LogP contribution in [0.25, 0.3) is 0 Å². The summed E-state index contributed by atoms with van der Waals surface area (Å²) in [5.41, 5.74) is 7.02. The first-order valence-corrected chi connectivity index (χ1v) is 8.02. The summed E-state index contributed by atoms with van der Waals surface area (Å²) >= 11 is 4.70. The molecule has 3 N–H and O–H groups in total. The minimum absolute atomic E-state index is 0.158. The molecule has 4 nitrogen and oxygen atoms in total. The number of rotatable bonds is 3. The lowest BCUT2D eigenvalue weighted by molar-refractivity contribution is -0.115. The minimum Gasteiger partial charge on any atom is -0.365 e. The highest BCUT2D eigenvalue weighted by Gasteiger charge is 2.27. The fraction of sp³-hybridized carbons (Fsp3) is 0.538. The number of carbonyl (C=O) groups excluding carboxylic acids is 2. The summed E-state index contributed by atoms with van der Waals surface area (Å²) in [7, 11) is 0. The lowest BCUT2D eigenvalue weighted by Gasteiger charge is -2.18. The summed E-state index contributed by atoms with van der Waals surface area (Å²) in [6.07, 6.45) is 2.89. The van der Waals surface area contributed by atoms with Crippen LogP contribution in [-0.4, -0.2) is 16.6 Å². The van der Waals surface area contributed by atoms with Crippen molar-refractivity contribution in [3.63, 3.8) is 0 Å². The van der Waals surface area contributed by atoms with E-state index in [2.05, 4.69) is 28.2 Å². The lowest BCUT2D eigenvalue weighted by Crippen LogP contribution is -2.22. The van der Waals surface area contributed by atoms with E-state index in [1.807, 2.05) is 0 Å². The molecule has 0 bridgehead atoms. The van der Waals surface area contributed by atoms with E-state index in [1.54, 1.807) is 6.92 Å². The molecule has 1 aliphatic carbocycles. The molecular weight excluding hydrogens is 328 g/mol. The Labute approximate surface area is 124 Å². The number of amides is 2. The van der Waals surface area contributed by atoms with Gasteiger partial charge in [0.15, 0.2) is 0 Å². The maximum atomic E-state index is 11.8. The van der Waals surface area contributed by atoms with Crippen molar-refractivity contribution in [1.29, 1.82) is 0 Å². The van der Waals surface area contributed by atoms with Gasteiger partial charge in [-0.15, -0.1) is 11.3 Å². The molecule has 0 saturated heterocycles. The van der Waals surface area contributed by atoms with Gasteiger partial charge in [-0.3, -0.25) is 9.59 Å². The molecular formula is C13H17BrN2O2S. The van der Waals surface area contributed by atoms with Gasteiger partial charge in [-0.05, 0) is 37.7 Å². The molecule has 1 aromatic rings. The van der Waals surface area contributed by atoms with Crippen molar-refractivity contribution in [3.05, 3.63) is 16.0 Å². The second-order valence-electron chi connectivity index (χ2n) is 5.03. The second-order valence-corrected chi connectivity index (χ2v) is 7.50. The van der Waals surface area contributed by atoms with Gasteiger partial charge < -0.3 is 11.1 Å². The van der Waals surface area contributed by atoms with Crippen molar-refractivity contribution in [3.8, 4) is 0 Å². The van der Waals surface area contributed by atoms with Crippen LogP contribution in [-0.2, 0) is 17.6 Å². The van der Waals surface area contributed by atoms with Crippen LogP contribution in [0, 0.1) is 5.92 Å². The highest BCUT2D eigenvalue weighted by Crippen LogP contribution is 2.39. The molecule has 1 aliphatic rings. The highest BCUT2D eigenvalue weighted by atomic mass is 79.9. The molecule has 0 fully saturated rings. The van der Waals surface area contributed by atoms with Crippen molar-refractivity contribution >= 4 is 44.1 Å². The van der Waals surface area contributed by atoms with Crippen LogP contribution in [0.3, 0.4) is 0 Å². The van der Waals surface area contributed by atoms with E-state index in [0.29, 0.717) is 16.5 Å². The van der Waals surface area contributed by atoms with Gasteiger partial charge in [-0.1, -0.05) is 22.9 Å². The van der Waals surface area contributed by atoms with Crippen molar-refractivity contribution in [1.82, 2.24) is 0 Å². The molecule has 0 spiro atoms. The average molecular weight is 345 g/mol. The standard InChI is InChI=1S/C13H17BrN2O2S/c1-6-3-4-8-9(5-6)19-13(10(8)11(15)17)16-12(18)7(2)14/h6-7H,3-5H2,1-2H3,(H2,15,17)(H,16,18). The fourth-order valence-electron chi connectivity index (χ4n) is 2.31. The largest absolute Gasteiger partial charge is 0.365 e. The number of thiophene rings is 1. The smallest absolute Gasteiger partial charge is 0.251 e. The molecule has 19 heavy (non-hydrogen) atoms. The Morgan fingerprint density at radius 3 is 2.79 bits per heavy atom. The number of carbonyl (C=O) groups is 2. The first-order chi connectivity index (χ1) is 8.90. The number of alkyl halides is 1. The van der Waals surface area contributed by atoms with Crippen molar-refractivity contribution in [2.45, 2.75) is 37.9 Å². The quantitative estimate of drug-likeness (QED) is 0.827. The van der Waals surface area contributed by atoms with Crippen molar-refractivity contribution < 1.29 is 9.59 Å². The number of fused-ring (bicyclic) bond motifs is 1. The molecule has 6 heteroatoms. The predicted octanol–water partition coefficient (Wildman–Crippen LogP) is 2.69. The van der Waals surface area contributed by atoms with E-state index in [-0.39, 0.29) is 10.7 Å². The first kappa shape index (κ1) is 14.5. The maximum Gasteiger partial charge on any atom is 0.251 e. The van der Waals surface area contributed by atoms with E-state index >= 15 is 0 Å². The monoisotopic (exact) mass is 344 g/mol. The number of nitrogens with one attached hydrogen (secondary N) is 1. The number of hydrogen-bond acceptors (Lipinski definition) is 3. The third-order valence-corrected chi connectivity index (χ3v) is 4.94. The van der Waals surface area contributed by atoms with Crippen LogP contribution in [0.1, 0.15) is 41.1 Å². The third kappa shape index (κ3) is 3.00. The summed E-state index contributed by atoms with van der Waals surface area (Å²) in [5.74, 6) is 0.00394. The van der Waals surface area contributed by atoms with Gasteiger partial charge in [0.2, 0.25) is 5.91 Å². The average Bonchev–Trinajstić information content (AvgIpc) is 2.65. The summed E-state index contributed by atoms with van der Waals surface area (Å²) in [6, 6.07) is 0. The second kappa shape index (κ2) is 5.63.